The second-order valence-corrected chi connectivity index (χ2v) is 8.12. The molecular formula is C21H24FN3S. The SMILES string of the molecule is CC(C)(C)CNC(=S)Nc1ccc2c(ccn2Cc2ccc(F)cc2)c1. The van der Waals surface area contributed by atoms with Crippen LogP contribution in [0.5, 0.6) is 0 Å². The summed E-state index contributed by atoms with van der Waals surface area (Å²) in [5, 5.41) is 8.25. The Labute approximate surface area is 159 Å². The molecule has 0 bridgehead atoms. The minimum Gasteiger partial charge on any atom is -0.362 e. The van der Waals surface area contributed by atoms with Gasteiger partial charge in [-0.25, -0.2) is 4.39 Å². The van der Waals surface area contributed by atoms with Gasteiger partial charge in [-0.05, 0) is 59.6 Å². The molecule has 3 rings (SSSR count). The Morgan fingerprint density at radius 1 is 1.08 bits per heavy atom. The number of anilines is 1. The smallest absolute Gasteiger partial charge is 0.170 e. The van der Waals surface area contributed by atoms with E-state index in [0.29, 0.717) is 11.7 Å². The summed E-state index contributed by atoms with van der Waals surface area (Å²) < 4.78 is 15.2. The predicted molar refractivity (Wildman–Crippen MR) is 111 cm³/mol. The lowest BCUT2D eigenvalue weighted by molar-refractivity contribution is 0.409. The summed E-state index contributed by atoms with van der Waals surface area (Å²) in [7, 11) is 0. The lowest BCUT2D eigenvalue weighted by Crippen LogP contribution is -2.35. The van der Waals surface area contributed by atoms with Gasteiger partial charge in [-0.2, -0.15) is 0 Å². The molecule has 3 nitrogen and oxygen atoms in total. The van der Waals surface area contributed by atoms with E-state index in [9.17, 15) is 4.39 Å². The van der Waals surface area contributed by atoms with Crippen molar-refractivity contribution in [3.63, 3.8) is 0 Å². The van der Waals surface area contributed by atoms with Crippen molar-refractivity contribution in [1.29, 1.82) is 0 Å². The van der Waals surface area contributed by atoms with Crippen LogP contribution in [0.15, 0.2) is 54.7 Å². The zero-order chi connectivity index (χ0) is 18.7. The third kappa shape index (κ3) is 4.82. The number of nitrogens with one attached hydrogen (secondary N) is 2. The van der Waals surface area contributed by atoms with E-state index in [-0.39, 0.29) is 11.2 Å². The van der Waals surface area contributed by atoms with Gasteiger partial charge in [0.15, 0.2) is 5.11 Å². The third-order valence-electron chi connectivity index (χ3n) is 4.07. The van der Waals surface area contributed by atoms with Crippen LogP contribution in [0.3, 0.4) is 0 Å². The summed E-state index contributed by atoms with van der Waals surface area (Å²) in [5.41, 5.74) is 3.34. The molecule has 0 spiro atoms. The van der Waals surface area contributed by atoms with Crippen molar-refractivity contribution in [2.24, 2.45) is 5.41 Å². The second-order valence-electron chi connectivity index (χ2n) is 7.71. The maximum absolute atomic E-state index is 13.1. The van der Waals surface area contributed by atoms with Crippen LogP contribution in [-0.2, 0) is 6.54 Å². The Morgan fingerprint density at radius 2 is 1.81 bits per heavy atom. The van der Waals surface area contributed by atoms with Crippen LogP contribution in [0.2, 0.25) is 0 Å². The highest BCUT2D eigenvalue weighted by molar-refractivity contribution is 7.80. The molecule has 0 unspecified atom stereocenters. The molecular weight excluding hydrogens is 345 g/mol. The van der Waals surface area contributed by atoms with E-state index < -0.39 is 0 Å². The van der Waals surface area contributed by atoms with Crippen LogP contribution < -0.4 is 10.6 Å². The molecule has 0 saturated carbocycles. The normalized spacial score (nSPS) is 11.5. The van der Waals surface area contributed by atoms with Gasteiger partial charge in [-0.3, -0.25) is 0 Å². The lowest BCUT2D eigenvalue weighted by atomic mass is 9.97. The van der Waals surface area contributed by atoms with Gasteiger partial charge in [-0.15, -0.1) is 0 Å². The largest absolute Gasteiger partial charge is 0.362 e. The Hall–Kier alpha value is -2.40. The molecule has 0 amide bonds. The zero-order valence-corrected chi connectivity index (χ0v) is 16.2. The molecule has 2 aromatic carbocycles. The van der Waals surface area contributed by atoms with Gasteiger partial charge in [0.1, 0.15) is 5.82 Å². The summed E-state index contributed by atoms with van der Waals surface area (Å²) in [6.07, 6.45) is 2.05. The van der Waals surface area contributed by atoms with E-state index in [4.69, 9.17) is 12.2 Å². The Kier molecular flexibility index (Phi) is 5.28. The van der Waals surface area contributed by atoms with Gasteiger partial charge in [0, 0.05) is 35.9 Å². The molecule has 0 aliphatic rings. The highest BCUT2D eigenvalue weighted by Crippen LogP contribution is 2.22. The van der Waals surface area contributed by atoms with E-state index in [1.54, 1.807) is 0 Å². The highest BCUT2D eigenvalue weighted by Gasteiger charge is 2.10. The van der Waals surface area contributed by atoms with Gasteiger partial charge in [0.2, 0.25) is 0 Å². The molecule has 0 fully saturated rings. The van der Waals surface area contributed by atoms with Crippen LogP contribution in [0, 0.1) is 11.2 Å². The molecule has 0 radical (unpaired) electrons. The van der Waals surface area contributed by atoms with Crippen molar-refractivity contribution in [3.05, 3.63) is 66.1 Å². The molecule has 2 N–H and O–H groups in total. The highest BCUT2D eigenvalue weighted by atomic mass is 32.1. The van der Waals surface area contributed by atoms with Gasteiger partial charge in [0.25, 0.3) is 0 Å². The van der Waals surface area contributed by atoms with Gasteiger partial charge < -0.3 is 15.2 Å². The van der Waals surface area contributed by atoms with E-state index >= 15 is 0 Å². The van der Waals surface area contributed by atoms with Crippen molar-refractivity contribution in [1.82, 2.24) is 9.88 Å². The first kappa shape index (κ1) is 18.4. The summed E-state index contributed by atoms with van der Waals surface area (Å²) in [4.78, 5) is 0. The number of fused-ring (bicyclic) bond motifs is 1. The molecule has 0 atom stereocenters. The zero-order valence-electron chi connectivity index (χ0n) is 15.3. The third-order valence-corrected chi connectivity index (χ3v) is 4.32. The topological polar surface area (TPSA) is 29.0 Å². The number of rotatable bonds is 4. The molecule has 0 aliphatic heterocycles. The van der Waals surface area contributed by atoms with E-state index in [1.165, 1.54) is 12.1 Å². The van der Waals surface area contributed by atoms with Crippen molar-refractivity contribution < 1.29 is 4.39 Å². The molecule has 0 aliphatic carbocycles. The average molecular weight is 370 g/mol. The summed E-state index contributed by atoms with van der Waals surface area (Å²) in [6.45, 7) is 8.02. The molecule has 5 heteroatoms. The molecule has 136 valence electrons. The van der Waals surface area contributed by atoms with Crippen LogP contribution >= 0.6 is 12.2 Å². The second kappa shape index (κ2) is 7.46. The molecule has 1 aromatic heterocycles. The van der Waals surface area contributed by atoms with Crippen molar-refractivity contribution in [3.8, 4) is 0 Å². The van der Waals surface area contributed by atoms with Gasteiger partial charge in [0.05, 0.1) is 0 Å². The first-order valence-electron chi connectivity index (χ1n) is 8.68. The van der Waals surface area contributed by atoms with E-state index in [2.05, 4.69) is 54.2 Å². The predicted octanol–water partition coefficient (Wildman–Crippen LogP) is 5.16. The number of aromatic nitrogens is 1. The quantitative estimate of drug-likeness (QED) is 0.622. The lowest BCUT2D eigenvalue weighted by Gasteiger charge is -2.20. The summed E-state index contributed by atoms with van der Waals surface area (Å²) >= 11 is 5.37. The Balaban J connectivity index is 1.70. The monoisotopic (exact) mass is 369 g/mol. The van der Waals surface area contributed by atoms with Crippen molar-refractivity contribution in [2.75, 3.05) is 11.9 Å². The van der Waals surface area contributed by atoms with E-state index in [1.807, 2.05) is 24.4 Å². The number of thiocarbonyl (C=S) groups is 1. The molecule has 3 aromatic rings. The number of halogens is 1. The number of benzene rings is 2. The minimum atomic E-state index is -0.210. The van der Waals surface area contributed by atoms with Crippen LogP contribution in [0.1, 0.15) is 26.3 Å². The van der Waals surface area contributed by atoms with Crippen LogP contribution in [-0.4, -0.2) is 16.2 Å². The fraction of sp³-hybridized carbons (Fsp3) is 0.286. The first-order valence-corrected chi connectivity index (χ1v) is 9.09. The standard InChI is InChI=1S/C21H24FN3S/c1-21(2,3)14-23-20(26)24-18-8-9-19-16(12-18)10-11-25(19)13-15-4-6-17(22)7-5-15/h4-12H,13-14H2,1-3H3,(H2,23,24,26). The summed E-state index contributed by atoms with van der Waals surface area (Å²) in [5.74, 6) is -0.210. The molecule has 1 heterocycles. The van der Waals surface area contributed by atoms with Crippen LogP contribution in [0.25, 0.3) is 10.9 Å². The van der Waals surface area contributed by atoms with Crippen molar-refractivity contribution in [2.45, 2.75) is 27.3 Å². The first-order chi connectivity index (χ1) is 12.3. The number of hydrogen-bond donors (Lipinski definition) is 2. The van der Waals surface area contributed by atoms with E-state index in [0.717, 1.165) is 28.7 Å². The fourth-order valence-electron chi connectivity index (χ4n) is 2.72. The number of hydrogen-bond acceptors (Lipinski definition) is 1. The summed E-state index contributed by atoms with van der Waals surface area (Å²) in [6, 6.07) is 14.9. The van der Waals surface area contributed by atoms with Gasteiger partial charge in [-0.1, -0.05) is 32.9 Å². The average Bonchev–Trinajstić information content (AvgIpc) is 2.97. The number of nitrogens with zero attached hydrogens (tertiary/aromatic N) is 1. The maximum atomic E-state index is 13.1. The fourth-order valence-corrected chi connectivity index (χ4v) is 2.91. The van der Waals surface area contributed by atoms with Crippen LogP contribution in [0.4, 0.5) is 10.1 Å². The Morgan fingerprint density at radius 3 is 2.50 bits per heavy atom. The molecule has 26 heavy (non-hydrogen) atoms. The Bertz CT molecular complexity index is 907. The maximum Gasteiger partial charge on any atom is 0.170 e. The van der Waals surface area contributed by atoms with Gasteiger partial charge >= 0.3 is 0 Å². The molecule has 0 saturated heterocycles. The minimum absolute atomic E-state index is 0.174. The van der Waals surface area contributed by atoms with Crippen molar-refractivity contribution >= 4 is 33.9 Å².